The number of halogens is 2. The van der Waals surface area contributed by atoms with E-state index in [0.717, 1.165) is 12.8 Å². The minimum atomic E-state index is -0.488. The highest BCUT2D eigenvalue weighted by molar-refractivity contribution is 6.30. The van der Waals surface area contributed by atoms with E-state index in [2.05, 4.69) is 10.6 Å². The lowest BCUT2D eigenvalue weighted by molar-refractivity contribution is -0.120. The van der Waals surface area contributed by atoms with Gasteiger partial charge in [0.15, 0.2) is 0 Å². The molecule has 1 aliphatic carbocycles. The van der Waals surface area contributed by atoms with Gasteiger partial charge >= 0.3 is 0 Å². The molecule has 98 valence electrons. The zero-order valence-corrected chi connectivity index (χ0v) is 10.8. The van der Waals surface area contributed by atoms with E-state index in [0.29, 0.717) is 11.7 Å². The van der Waals surface area contributed by atoms with Crippen molar-refractivity contribution in [1.29, 1.82) is 0 Å². The smallest absolute Gasteiger partial charge is 0.239 e. The predicted molar refractivity (Wildman–Crippen MR) is 70.3 cm³/mol. The third-order valence-electron chi connectivity index (χ3n) is 3.09. The lowest BCUT2D eigenvalue weighted by Gasteiger charge is -2.12. The third kappa shape index (κ3) is 3.60. The van der Waals surface area contributed by atoms with Gasteiger partial charge in [0.2, 0.25) is 5.91 Å². The maximum atomic E-state index is 13.2. The number of benzene rings is 1. The fourth-order valence-corrected chi connectivity index (χ4v) is 2.25. The highest BCUT2D eigenvalue weighted by Crippen LogP contribution is 2.19. The normalized spacial score (nSPS) is 15.7. The van der Waals surface area contributed by atoms with Crippen LogP contribution in [0.4, 0.5) is 10.1 Å². The summed E-state index contributed by atoms with van der Waals surface area (Å²) in [6, 6.07) is 4.70. The van der Waals surface area contributed by atoms with Crippen LogP contribution < -0.4 is 10.6 Å². The summed E-state index contributed by atoms with van der Waals surface area (Å²) in [5.41, 5.74) is 0.554. The van der Waals surface area contributed by atoms with Gasteiger partial charge in [-0.25, -0.2) is 4.39 Å². The summed E-state index contributed by atoms with van der Waals surface area (Å²) in [7, 11) is 0. The Kier molecular flexibility index (Phi) is 4.42. The second kappa shape index (κ2) is 6.05. The maximum Gasteiger partial charge on any atom is 0.239 e. The topological polar surface area (TPSA) is 41.1 Å². The fraction of sp³-hybridized carbons (Fsp3) is 0.462. The van der Waals surface area contributed by atoms with E-state index in [9.17, 15) is 9.18 Å². The first kappa shape index (κ1) is 13.1. The Labute approximate surface area is 111 Å². The molecule has 3 nitrogen and oxygen atoms in total. The average Bonchev–Trinajstić information content (AvgIpc) is 2.83. The average molecular weight is 271 g/mol. The molecular formula is C13H16ClFN2O. The molecule has 1 aromatic rings. The molecule has 0 aliphatic heterocycles. The number of rotatable bonds is 4. The summed E-state index contributed by atoms with van der Waals surface area (Å²) in [5.74, 6) is -0.546. The molecule has 0 bridgehead atoms. The van der Waals surface area contributed by atoms with Gasteiger partial charge in [-0.2, -0.15) is 0 Å². The van der Waals surface area contributed by atoms with Crippen LogP contribution in [0, 0.1) is 5.82 Å². The first-order valence-electron chi connectivity index (χ1n) is 6.13. The van der Waals surface area contributed by atoms with Crippen molar-refractivity contribution in [3.8, 4) is 0 Å². The van der Waals surface area contributed by atoms with Crippen LogP contribution >= 0.6 is 11.6 Å². The number of carbonyl (C=O) groups is 1. The Hall–Kier alpha value is -1.29. The highest BCUT2D eigenvalue weighted by atomic mass is 35.5. The molecule has 0 atom stereocenters. The molecule has 1 fully saturated rings. The number of carbonyl (C=O) groups excluding carboxylic acids is 1. The van der Waals surface area contributed by atoms with Crippen LogP contribution in [0.5, 0.6) is 0 Å². The number of nitrogens with one attached hydrogen (secondary N) is 2. The van der Waals surface area contributed by atoms with Gasteiger partial charge in [-0.05, 0) is 31.0 Å². The molecule has 2 N–H and O–H groups in total. The number of anilines is 1. The first-order valence-corrected chi connectivity index (χ1v) is 6.51. The standard InChI is InChI=1S/C13H16ClFN2O/c14-11-6-5-10(7-12(11)15)16-8-13(18)17-9-3-1-2-4-9/h5-7,9,16H,1-4,8H2,(H,17,18). The zero-order valence-electron chi connectivity index (χ0n) is 10.0. The van der Waals surface area contributed by atoms with E-state index in [1.165, 1.54) is 25.0 Å². The van der Waals surface area contributed by atoms with Crippen molar-refractivity contribution >= 4 is 23.2 Å². The summed E-state index contributed by atoms with van der Waals surface area (Å²) < 4.78 is 13.2. The summed E-state index contributed by atoms with van der Waals surface area (Å²) >= 11 is 5.57. The van der Waals surface area contributed by atoms with Crippen molar-refractivity contribution in [2.75, 3.05) is 11.9 Å². The van der Waals surface area contributed by atoms with Crippen molar-refractivity contribution in [2.45, 2.75) is 31.7 Å². The van der Waals surface area contributed by atoms with Crippen LogP contribution in [0.1, 0.15) is 25.7 Å². The lowest BCUT2D eigenvalue weighted by Crippen LogP contribution is -2.36. The van der Waals surface area contributed by atoms with Crippen LogP contribution in [0.3, 0.4) is 0 Å². The van der Waals surface area contributed by atoms with Gasteiger partial charge in [0.1, 0.15) is 5.82 Å². The Morgan fingerprint density at radius 2 is 2.11 bits per heavy atom. The Bertz CT molecular complexity index is 433. The Morgan fingerprint density at radius 1 is 1.39 bits per heavy atom. The Balaban J connectivity index is 1.79. The van der Waals surface area contributed by atoms with Crippen molar-refractivity contribution in [3.63, 3.8) is 0 Å². The lowest BCUT2D eigenvalue weighted by atomic mass is 10.2. The third-order valence-corrected chi connectivity index (χ3v) is 3.40. The van der Waals surface area contributed by atoms with Crippen LogP contribution in [-0.2, 0) is 4.79 Å². The molecule has 0 aromatic heterocycles. The van der Waals surface area contributed by atoms with E-state index in [1.54, 1.807) is 6.07 Å². The Morgan fingerprint density at radius 3 is 2.78 bits per heavy atom. The molecule has 0 spiro atoms. The molecule has 1 aromatic carbocycles. The van der Waals surface area contributed by atoms with Gasteiger partial charge in [-0.1, -0.05) is 24.4 Å². The van der Waals surface area contributed by atoms with Crippen molar-refractivity contribution in [3.05, 3.63) is 29.0 Å². The van der Waals surface area contributed by atoms with Gasteiger partial charge in [0, 0.05) is 11.7 Å². The summed E-state index contributed by atoms with van der Waals surface area (Å²) in [6.07, 6.45) is 4.48. The molecule has 5 heteroatoms. The number of amides is 1. The van der Waals surface area contributed by atoms with E-state index in [4.69, 9.17) is 11.6 Å². The second-order valence-electron chi connectivity index (χ2n) is 4.53. The number of hydrogen-bond donors (Lipinski definition) is 2. The van der Waals surface area contributed by atoms with E-state index in [1.807, 2.05) is 0 Å². The molecule has 0 heterocycles. The van der Waals surface area contributed by atoms with E-state index in [-0.39, 0.29) is 17.5 Å². The van der Waals surface area contributed by atoms with Gasteiger partial charge in [-0.15, -0.1) is 0 Å². The zero-order chi connectivity index (χ0) is 13.0. The predicted octanol–water partition coefficient (Wildman–Crippen LogP) is 2.95. The molecule has 0 unspecified atom stereocenters. The summed E-state index contributed by atoms with van der Waals surface area (Å²) in [4.78, 5) is 11.6. The molecule has 0 saturated heterocycles. The van der Waals surface area contributed by atoms with Gasteiger partial charge in [-0.3, -0.25) is 4.79 Å². The molecule has 2 rings (SSSR count). The largest absolute Gasteiger partial charge is 0.376 e. The van der Waals surface area contributed by atoms with Gasteiger partial charge in [0.05, 0.1) is 11.6 Å². The molecule has 1 saturated carbocycles. The van der Waals surface area contributed by atoms with Crippen molar-refractivity contribution < 1.29 is 9.18 Å². The van der Waals surface area contributed by atoms with Crippen molar-refractivity contribution in [2.24, 2.45) is 0 Å². The minimum absolute atomic E-state index is 0.0581. The maximum absolute atomic E-state index is 13.2. The highest BCUT2D eigenvalue weighted by Gasteiger charge is 2.16. The fourth-order valence-electron chi connectivity index (χ4n) is 2.14. The van der Waals surface area contributed by atoms with Crippen molar-refractivity contribution in [1.82, 2.24) is 5.32 Å². The first-order chi connectivity index (χ1) is 8.65. The van der Waals surface area contributed by atoms with Crippen LogP contribution in [-0.4, -0.2) is 18.5 Å². The molecule has 18 heavy (non-hydrogen) atoms. The minimum Gasteiger partial charge on any atom is -0.376 e. The number of hydrogen-bond acceptors (Lipinski definition) is 2. The monoisotopic (exact) mass is 270 g/mol. The summed E-state index contributed by atoms with van der Waals surface area (Å²) in [6.45, 7) is 0.150. The molecule has 1 amide bonds. The SMILES string of the molecule is O=C(CNc1ccc(Cl)c(F)c1)NC1CCCC1. The van der Waals surface area contributed by atoms with E-state index >= 15 is 0 Å². The van der Waals surface area contributed by atoms with E-state index < -0.39 is 5.82 Å². The molecular weight excluding hydrogens is 255 g/mol. The molecule has 1 aliphatic rings. The second-order valence-corrected chi connectivity index (χ2v) is 4.94. The van der Waals surface area contributed by atoms with Gasteiger partial charge in [0.25, 0.3) is 0 Å². The van der Waals surface area contributed by atoms with Crippen LogP contribution in [0.2, 0.25) is 5.02 Å². The quantitative estimate of drug-likeness (QED) is 0.883. The summed E-state index contributed by atoms with van der Waals surface area (Å²) in [5, 5.41) is 5.91. The van der Waals surface area contributed by atoms with Gasteiger partial charge < -0.3 is 10.6 Å². The van der Waals surface area contributed by atoms with Crippen LogP contribution in [0.15, 0.2) is 18.2 Å². The molecule has 0 radical (unpaired) electrons. The van der Waals surface area contributed by atoms with Crippen LogP contribution in [0.25, 0.3) is 0 Å².